The van der Waals surface area contributed by atoms with Crippen LogP contribution >= 0.6 is 24.0 Å². The van der Waals surface area contributed by atoms with Crippen molar-refractivity contribution < 1.29 is 4.79 Å². The van der Waals surface area contributed by atoms with Crippen LogP contribution in [0.3, 0.4) is 0 Å². The van der Waals surface area contributed by atoms with Crippen LogP contribution in [0.1, 0.15) is 62.9 Å². The normalized spacial score (nSPS) is 12.3. The van der Waals surface area contributed by atoms with Crippen LogP contribution in [0.4, 0.5) is 0 Å². The minimum Gasteiger partial charge on any atom is -0.357 e. The van der Waals surface area contributed by atoms with Crippen molar-refractivity contribution in [3.05, 3.63) is 35.4 Å². The number of hydrogen-bond acceptors (Lipinski definition) is 2. The molecule has 0 aliphatic rings. The minimum atomic E-state index is 0. The second-order valence-corrected chi connectivity index (χ2v) is 7.46. The largest absolute Gasteiger partial charge is 0.357 e. The fourth-order valence-electron chi connectivity index (χ4n) is 2.64. The third kappa shape index (κ3) is 10.6. The van der Waals surface area contributed by atoms with Gasteiger partial charge in [0.05, 0.1) is 6.54 Å². The molecule has 154 valence electrons. The lowest BCUT2D eigenvalue weighted by molar-refractivity contribution is 0.0827. The molecule has 0 aromatic heterocycles. The van der Waals surface area contributed by atoms with Gasteiger partial charge >= 0.3 is 0 Å². The van der Waals surface area contributed by atoms with Crippen molar-refractivity contribution in [2.75, 3.05) is 20.6 Å². The highest BCUT2D eigenvalue weighted by Gasteiger charge is 2.08. The zero-order valence-corrected chi connectivity index (χ0v) is 20.0. The standard InChI is InChI=1S/C21H36N4O.HI/c1-7-22-21(24-17(4)10-8-9-16(2)3)23-15-18-11-13-19(14-12-18)20(26)25(5)6;/h11-14,16-17H,7-10,15H2,1-6H3,(H2,22,23,24);1H. The third-order valence-electron chi connectivity index (χ3n) is 4.17. The predicted molar refractivity (Wildman–Crippen MR) is 126 cm³/mol. The molecule has 0 saturated carbocycles. The highest BCUT2D eigenvalue weighted by molar-refractivity contribution is 14.0. The highest BCUT2D eigenvalue weighted by Crippen LogP contribution is 2.09. The third-order valence-corrected chi connectivity index (χ3v) is 4.17. The van der Waals surface area contributed by atoms with E-state index in [1.165, 1.54) is 12.8 Å². The van der Waals surface area contributed by atoms with E-state index in [0.717, 1.165) is 30.4 Å². The zero-order chi connectivity index (χ0) is 19.5. The second-order valence-electron chi connectivity index (χ2n) is 7.46. The van der Waals surface area contributed by atoms with E-state index in [0.29, 0.717) is 18.2 Å². The van der Waals surface area contributed by atoms with Crippen LogP contribution in [0, 0.1) is 5.92 Å². The second kappa shape index (κ2) is 13.8. The number of rotatable bonds is 9. The Morgan fingerprint density at radius 3 is 2.26 bits per heavy atom. The van der Waals surface area contributed by atoms with Gasteiger partial charge in [-0.15, -0.1) is 24.0 Å². The molecule has 2 N–H and O–H groups in total. The molecule has 1 aromatic rings. The number of halogens is 1. The summed E-state index contributed by atoms with van der Waals surface area (Å²) in [4.78, 5) is 18.2. The van der Waals surface area contributed by atoms with Crippen molar-refractivity contribution >= 4 is 35.8 Å². The first-order valence-electron chi connectivity index (χ1n) is 9.68. The van der Waals surface area contributed by atoms with Crippen molar-refractivity contribution in [1.82, 2.24) is 15.5 Å². The van der Waals surface area contributed by atoms with Crippen LogP contribution in [0.5, 0.6) is 0 Å². The summed E-state index contributed by atoms with van der Waals surface area (Å²) in [6.07, 6.45) is 3.63. The van der Waals surface area contributed by atoms with E-state index < -0.39 is 0 Å². The van der Waals surface area contributed by atoms with E-state index in [1.54, 1.807) is 19.0 Å². The number of guanidine groups is 1. The number of nitrogens with one attached hydrogen (secondary N) is 2. The van der Waals surface area contributed by atoms with Gasteiger partial charge < -0.3 is 15.5 Å². The molecule has 1 amide bonds. The first-order chi connectivity index (χ1) is 12.3. The van der Waals surface area contributed by atoms with Crippen LogP contribution in [-0.4, -0.2) is 43.4 Å². The number of carbonyl (C=O) groups excluding carboxylic acids is 1. The number of carbonyl (C=O) groups is 1. The molecule has 1 atom stereocenters. The molecule has 0 spiro atoms. The van der Waals surface area contributed by atoms with E-state index in [9.17, 15) is 4.79 Å². The van der Waals surface area contributed by atoms with E-state index in [-0.39, 0.29) is 29.9 Å². The zero-order valence-electron chi connectivity index (χ0n) is 17.7. The SMILES string of the molecule is CCNC(=NCc1ccc(C(=O)N(C)C)cc1)NC(C)CCCC(C)C.I. The Balaban J connectivity index is 0.00000676. The Bertz CT molecular complexity index is 570. The molecule has 27 heavy (non-hydrogen) atoms. The van der Waals surface area contributed by atoms with Crippen LogP contribution in [-0.2, 0) is 6.54 Å². The maximum atomic E-state index is 11.9. The van der Waals surface area contributed by atoms with Crippen molar-refractivity contribution in [3.63, 3.8) is 0 Å². The monoisotopic (exact) mass is 488 g/mol. The van der Waals surface area contributed by atoms with Gasteiger partial charge in [0.15, 0.2) is 5.96 Å². The average molecular weight is 488 g/mol. The van der Waals surface area contributed by atoms with Gasteiger partial charge in [0.25, 0.3) is 5.91 Å². The predicted octanol–water partition coefficient (Wildman–Crippen LogP) is 4.28. The van der Waals surface area contributed by atoms with Gasteiger partial charge in [-0.05, 0) is 43.9 Å². The van der Waals surface area contributed by atoms with Crippen molar-refractivity contribution in [1.29, 1.82) is 0 Å². The molecule has 1 unspecified atom stereocenters. The number of aliphatic imine (C=N–C) groups is 1. The van der Waals surface area contributed by atoms with Crippen LogP contribution in [0.15, 0.2) is 29.3 Å². The first kappa shape index (κ1) is 25.7. The topological polar surface area (TPSA) is 56.7 Å². The molecule has 0 radical (unpaired) electrons. The maximum absolute atomic E-state index is 11.9. The lowest BCUT2D eigenvalue weighted by Gasteiger charge is -2.18. The van der Waals surface area contributed by atoms with Crippen LogP contribution < -0.4 is 10.6 Å². The van der Waals surface area contributed by atoms with Crippen molar-refractivity contribution in [2.45, 2.75) is 59.5 Å². The summed E-state index contributed by atoms with van der Waals surface area (Å²) >= 11 is 0. The number of benzene rings is 1. The Morgan fingerprint density at radius 1 is 1.11 bits per heavy atom. The van der Waals surface area contributed by atoms with E-state index in [4.69, 9.17) is 0 Å². The summed E-state index contributed by atoms with van der Waals surface area (Å²) in [5, 5.41) is 6.79. The van der Waals surface area contributed by atoms with Gasteiger partial charge in [-0.1, -0.05) is 38.8 Å². The van der Waals surface area contributed by atoms with Crippen LogP contribution in [0.2, 0.25) is 0 Å². The fourth-order valence-corrected chi connectivity index (χ4v) is 2.64. The summed E-state index contributed by atoms with van der Waals surface area (Å²) in [5.41, 5.74) is 1.79. The summed E-state index contributed by atoms with van der Waals surface area (Å²) < 4.78 is 0. The van der Waals surface area contributed by atoms with Gasteiger partial charge in [-0.25, -0.2) is 4.99 Å². The summed E-state index contributed by atoms with van der Waals surface area (Å²) in [6, 6.07) is 8.06. The molecule has 0 bridgehead atoms. The van der Waals surface area contributed by atoms with E-state index in [1.807, 2.05) is 24.3 Å². The lowest BCUT2D eigenvalue weighted by atomic mass is 10.0. The van der Waals surface area contributed by atoms with Gasteiger partial charge in [-0.3, -0.25) is 4.79 Å². The summed E-state index contributed by atoms with van der Waals surface area (Å²) in [7, 11) is 3.52. The van der Waals surface area contributed by atoms with Gasteiger partial charge in [-0.2, -0.15) is 0 Å². The number of amides is 1. The fraction of sp³-hybridized carbons (Fsp3) is 0.619. The average Bonchev–Trinajstić information content (AvgIpc) is 2.59. The van der Waals surface area contributed by atoms with E-state index in [2.05, 4.69) is 43.3 Å². The molecule has 0 heterocycles. The number of nitrogens with zero attached hydrogens (tertiary/aromatic N) is 2. The minimum absolute atomic E-state index is 0. The molecule has 5 nitrogen and oxygen atoms in total. The van der Waals surface area contributed by atoms with Gasteiger partial charge in [0.2, 0.25) is 0 Å². The Hall–Kier alpha value is -1.31. The molecule has 6 heteroatoms. The number of hydrogen-bond donors (Lipinski definition) is 2. The first-order valence-corrected chi connectivity index (χ1v) is 9.68. The summed E-state index contributed by atoms with van der Waals surface area (Å²) in [5.74, 6) is 1.62. The molecule has 0 aliphatic heterocycles. The molecular weight excluding hydrogens is 451 g/mol. The van der Waals surface area contributed by atoms with Crippen molar-refractivity contribution in [3.8, 4) is 0 Å². The highest BCUT2D eigenvalue weighted by atomic mass is 127. The Kier molecular flexibility index (Phi) is 13.1. The Labute approximate surface area is 182 Å². The quantitative estimate of drug-likeness (QED) is 0.310. The van der Waals surface area contributed by atoms with Crippen LogP contribution in [0.25, 0.3) is 0 Å². The van der Waals surface area contributed by atoms with Gasteiger partial charge in [0, 0.05) is 32.2 Å². The van der Waals surface area contributed by atoms with E-state index >= 15 is 0 Å². The molecule has 1 aromatic carbocycles. The maximum Gasteiger partial charge on any atom is 0.253 e. The van der Waals surface area contributed by atoms with Gasteiger partial charge in [0.1, 0.15) is 0 Å². The smallest absolute Gasteiger partial charge is 0.253 e. The molecular formula is C21H37IN4O. The molecule has 0 fully saturated rings. The lowest BCUT2D eigenvalue weighted by Crippen LogP contribution is -2.42. The summed E-state index contributed by atoms with van der Waals surface area (Å²) in [6.45, 7) is 10.2. The molecule has 1 rings (SSSR count). The molecule has 0 aliphatic carbocycles. The molecule has 0 saturated heterocycles. The Morgan fingerprint density at radius 2 is 1.74 bits per heavy atom. The van der Waals surface area contributed by atoms with Crippen molar-refractivity contribution in [2.24, 2.45) is 10.9 Å².